The lowest BCUT2D eigenvalue weighted by Crippen LogP contribution is -2.46. The Balaban J connectivity index is 2.15. The van der Waals surface area contributed by atoms with Gasteiger partial charge in [-0.2, -0.15) is 0 Å². The third-order valence-electron chi connectivity index (χ3n) is 3.65. The van der Waals surface area contributed by atoms with E-state index in [1.54, 1.807) is 0 Å². The number of quaternary nitrogens is 1. The Morgan fingerprint density at radius 2 is 1.94 bits per heavy atom. The Labute approximate surface area is 103 Å². The van der Waals surface area contributed by atoms with Gasteiger partial charge in [0.1, 0.15) is 6.04 Å². The number of benzene rings is 1. The summed E-state index contributed by atoms with van der Waals surface area (Å²) in [6.45, 7) is 2.14. The van der Waals surface area contributed by atoms with Gasteiger partial charge < -0.3 is 20.9 Å². The van der Waals surface area contributed by atoms with Crippen molar-refractivity contribution in [1.29, 1.82) is 0 Å². The molecule has 1 fully saturated rings. The fraction of sp³-hybridized carbons (Fsp3) is 0.538. The SMILES string of the molecule is C[N+](C)(C)C1CCN(c2ccc(N)cc2N)C1. The third-order valence-corrected chi connectivity index (χ3v) is 3.65. The fourth-order valence-corrected chi connectivity index (χ4v) is 2.45. The maximum absolute atomic E-state index is 6.03. The van der Waals surface area contributed by atoms with Crippen LogP contribution in [0.3, 0.4) is 0 Å². The summed E-state index contributed by atoms with van der Waals surface area (Å²) < 4.78 is 1.01. The normalized spacial score (nSPS) is 20.9. The van der Waals surface area contributed by atoms with Gasteiger partial charge in [0.05, 0.1) is 39.1 Å². The van der Waals surface area contributed by atoms with Crippen LogP contribution in [0.25, 0.3) is 0 Å². The van der Waals surface area contributed by atoms with Crippen LogP contribution in [0.1, 0.15) is 6.42 Å². The van der Waals surface area contributed by atoms with Gasteiger partial charge in [-0.15, -0.1) is 0 Å². The number of rotatable bonds is 2. The van der Waals surface area contributed by atoms with Crippen molar-refractivity contribution < 1.29 is 4.48 Å². The predicted molar refractivity (Wildman–Crippen MR) is 73.9 cm³/mol. The van der Waals surface area contributed by atoms with Crippen molar-refractivity contribution in [3.8, 4) is 0 Å². The number of nitrogens with zero attached hydrogens (tertiary/aromatic N) is 2. The van der Waals surface area contributed by atoms with Crippen LogP contribution in [0.15, 0.2) is 18.2 Å². The maximum Gasteiger partial charge on any atom is 0.108 e. The minimum atomic E-state index is 0.673. The molecule has 0 bridgehead atoms. The van der Waals surface area contributed by atoms with Gasteiger partial charge in [0.15, 0.2) is 0 Å². The van der Waals surface area contributed by atoms with E-state index in [4.69, 9.17) is 11.5 Å². The Bertz CT molecular complexity index is 408. The molecule has 0 aliphatic carbocycles. The summed E-state index contributed by atoms with van der Waals surface area (Å²) in [7, 11) is 6.75. The molecule has 1 unspecified atom stereocenters. The molecule has 4 heteroatoms. The smallest absolute Gasteiger partial charge is 0.108 e. The Morgan fingerprint density at radius 3 is 2.47 bits per heavy atom. The van der Waals surface area contributed by atoms with E-state index >= 15 is 0 Å². The second-order valence-electron chi connectivity index (χ2n) is 5.82. The van der Waals surface area contributed by atoms with Crippen molar-refractivity contribution in [2.24, 2.45) is 0 Å². The third kappa shape index (κ3) is 2.47. The molecule has 1 aromatic rings. The monoisotopic (exact) mass is 235 g/mol. The minimum Gasteiger partial charge on any atom is -0.399 e. The molecule has 1 atom stereocenters. The second kappa shape index (κ2) is 4.11. The number of nitrogens with two attached hydrogens (primary N) is 2. The van der Waals surface area contributed by atoms with Gasteiger partial charge in [0.2, 0.25) is 0 Å². The zero-order chi connectivity index (χ0) is 12.6. The highest BCUT2D eigenvalue weighted by atomic mass is 15.4. The van der Waals surface area contributed by atoms with Gasteiger partial charge in [-0.1, -0.05) is 0 Å². The van der Waals surface area contributed by atoms with E-state index < -0.39 is 0 Å². The molecule has 0 radical (unpaired) electrons. The molecule has 2 rings (SSSR count). The first kappa shape index (κ1) is 12.0. The first-order valence-corrected chi connectivity index (χ1v) is 6.09. The molecule has 94 valence electrons. The van der Waals surface area contributed by atoms with Crippen LogP contribution < -0.4 is 16.4 Å². The highest BCUT2D eigenvalue weighted by Gasteiger charge is 2.32. The Hall–Kier alpha value is -1.42. The molecule has 0 aromatic heterocycles. The first-order chi connectivity index (χ1) is 7.88. The van der Waals surface area contributed by atoms with Crippen LogP contribution >= 0.6 is 0 Å². The summed E-state index contributed by atoms with van der Waals surface area (Å²) in [4.78, 5) is 2.36. The van der Waals surface area contributed by atoms with Crippen molar-refractivity contribution in [2.45, 2.75) is 12.5 Å². The average molecular weight is 235 g/mol. The van der Waals surface area contributed by atoms with Crippen LogP contribution in [-0.4, -0.2) is 44.8 Å². The summed E-state index contributed by atoms with van der Waals surface area (Å²) in [6.07, 6.45) is 1.22. The lowest BCUT2D eigenvalue weighted by molar-refractivity contribution is -0.893. The molecule has 0 amide bonds. The van der Waals surface area contributed by atoms with E-state index in [9.17, 15) is 0 Å². The molecule has 1 heterocycles. The lowest BCUT2D eigenvalue weighted by Gasteiger charge is -2.31. The lowest BCUT2D eigenvalue weighted by atomic mass is 10.2. The number of nitrogen functional groups attached to an aromatic ring is 2. The highest BCUT2D eigenvalue weighted by molar-refractivity contribution is 5.72. The van der Waals surface area contributed by atoms with Crippen LogP contribution in [0, 0.1) is 0 Å². The maximum atomic E-state index is 6.03. The molecule has 0 spiro atoms. The van der Waals surface area contributed by atoms with Gasteiger partial charge >= 0.3 is 0 Å². The highest BCUT2D eigenvalue weighted by Crippen LogP contribution is 2.30. The predicted octanol–water partition coefficient (Wildman–Crippen LogP) is 1.14. The van der Waals surface area contributed by atoms with E-state index in [1.807, 2.05) is 18.2 Å². The van der Waals surface area contributed by atoms with E-state index in [0.29, 0.717) is 6.04 Å². The van der Waals surface area contributed by atoms with Gasteiger partial charge in [0, 0.05) is 18.7 Å². The second-order valence-corrected chi connectivity index (χ2v) is 5.82. The van der Waals surface area contributed by atoms with Gasteiger partial charge in [-0.3, -0.25) is 0 Å². The van der Waals surface area contributed by atoms with Gasteiger partial charge in [-0.25, -0.2) is 0 Å². The summed E-state index contributed by atoms with van der Waals surface area (Å²) in [5.41, 5.74) is 14.4. The van der Waals surface area contributed by atoms with Crippen LogP contribution in [0.2, 0.25) is 0 Å². The fourth-order valence-electron chi connectivity index (χ4n) is 2.45. The zero-order valence-corrected chi connectivity index (χ0v) is 11.0. The van der Waals surface area contributed by atoms with Crippen molar-refractivity contribution in [3.05, 3.63) is 18.2 Å². The topological polar surface area (TPSA) is 55.3 Å². The Kier molecular flexibility index (Phi) is 2.91. The van der Waals surface area contributed by atoms with Crippen LogP contribution in [0.5, 0.6) is 0 Å². The van der Waals surface area contributed by atoms with Crippen molar-refractivity contribution >= 4 is 17.1 Å². The minimum absolute atomic E-state index is 0.673. The molecule has 0 saturated carbocycles. The van der Waals surface area contributed by atoms with Crippen LogP contribution in [-0.2, 0) is 0 Å². The quantitative estimate of drug-likeness (QED) is 0.597. The summed E-state index contributed by atoms with van der Waals surface area (Å²) in [5.74, 6) is 0. The molecule has 17 heavy (non-hydrogen) atoms. The standard InChI is InChI=1S/C13H23N4/c1-17(2,3)11-6-7-16(9-11)13-5-4-10(14)8-12(13)15/h4-5,8,11H,6-7,9,14-15H2,1-3H3/q+1. The molecule has 1 aromatic carbocycles. The van der Waals surface area contributed by atoms with Gasteiger partial charge in [-0.05, 0) is 18.2 Å². The van der Waals surface area contributed by atoms with Crippen LogP contribution in [0.4, 0.5) is 17.1 Å². The molecule has 4 nitrogen and oxygen atoms in total. The van der Waals surface area contributed by atoms with Crippen molar-refractivity contribution in [2.75, 3.05) is 50.6 Å². The molecule has 1 aliphatic rings. The van der Waals surface area contributed by atoms with Gasteiger partial charge in [0.25, 0.3) is 0 Å². The van der Waals surface area contributed by atoms with E-state index in [-0.39, 0.29) is 0 Å². The molecule has 4 N–H and O–H groups in total. The summed E-state index contributed by atoms with van der Waals surface area (Å²) >= 11 is 0. The first-order valence-electron chi connectivity index (χ1n) is 6.09. The zero-order valence-electron chi connectivity index (χ0n) is 11.0. The number of likely N-dealkylation sites (N-methyl/N-ethyl adjacent to an activating group) is 1. The summed E-state index contributed by atoms with van der Waals surface area (Å²) in [5, 5.41) is 0. The molecular weight excluding hydrogens is 212 g/mol. The molecule has 1 aliphatic heterocycles. The largest absolute Gasteiger partial charge is 0.399 e. The average Bonchev–Trinajstić information content (AvgIpc) is 2.65. The Morgan fingerprint density at radius 1 is 1.24 bits per heavy atom. The van der Waals surface area contributed by atoms with Crippen molar-refractivity contribution in [3.63, 3.8) is 0 Å². The molecular formula is C13H23N4+. The van der Waals surface area contributed by atoms with Crippen molar-refractivity contribution in [1.82, 2.24) is 0 Å². The number of hydrogen-bond acceptors (Lipinski definition) is 3. The van der Waals surface area contributed by atoms with E-state index in [2.05, 4.69) is 26.0 Å². The number of anilines is 3. The molecule has 1 saturated heterocycles. The summed E-state index contributed by atoms with van der Waals surface area (Å²) in [6, 6.07) is 6.47. The van der Waals surface area contributed by atoms with E-state index in [1.165, 1.54) is 6.42 Å². The number of hydrogen-bond donors (Lipinski definition) is 2. The van der Waals surface area contributed by atoms with E-state index in [0.717, 1.165) is 34.6 Å².